The maximum Gasteiger partial charge on any atom is 0.407 e. The number of piperidine rings is 1. The van der Waals surface area contributed by atoms with Crippen LogP contribution >= 0.6 is 0 Å². The van der Waals surface area contributed by atoms with Crippen molar-refractivity contribution in [3.05, 3.63) is 0 Å². The van der Waals surface area contributed by atoms with Gasteiger partial charge in [0, 0.05) is 12.6 Å². The fourth-order valence-electron chi connectivity index (χ4n) is 3.29. The van der Waals surface area contributed by atoms with Gasteiger partial charge in [-0.2, -0.15) is 0 Å². The quantitative estimate of drug-likeness (QED) is 0.809. The summed E-state index contributed by atoms with van der Waals surface area (Å²) in [7, 11) is 0. The number of amides is 1. The van der Waals surface area contributed by atoms with Crippen molar-refractivity contribution >= 4 is 6.09 Å². The van der Waals surface area contributed by atoms with Crippen molar-refractivity contribution in [3.63, 3.8) is 0 Å². The van der Waals surface area contributed by atoms with Crippen molar-refractivity contribution in [3.8, 4) is 0 Å². The number of carbonyl (C=O) groups excluding carboxylic acids is 1. The van der Waals surface area contributed by atoms with Gasteiger partial charge in [0.05, 0.1) is 0 Å². The molecule has 0 aromatic rings. The van der Waals surface area contributed by atoms with Crippen LogP contribution in [-0.4, -0.2) is 30.8 Å². The minimum atomic E-state index is -0.413. The minimum absolute atomic E-state index is 0.293. The number of hydrogen-bond donors (Lipinski definition) is 2. The van der Waals surface area contributed by atoms with Crippen molar-refractivity contribution in [2.24, 2.45) is 11.8 Å². The Morgan fingerprint density at radius 3 is 2.79 bits per heavy atom. The molecule has 2 rings (SSSR count). The lowest BCUT2D eigenvalue weighted by atomic mass is 9.76. The molecule has 1 heterocycles. The molecule has 2 aliphatic rings. The van der Waals surface area contributed by atoms with E-state index in [0.717, 1.165) is 25.0 Å². The van der Waals surface area contributed by atoms with Crippen molar-refractivity contribution in [1.29, 1.82) is 0 Å². The van der Waals surface area contributed by atoms with E-state index >= 15 is 0 Å². The van der Waals surface area contributed by atoms with Crippen molar-refractivity contribution in [2.75, 3.05) is 13.1 Å². The molecule has 110 valence electrons. The van der Waals surface area contributed by atoms with Gasteiger partial charge in [-0.25, -0.2) is 4.79 Å². The van der Waals surface area contributed by atoms with Crippen LogP contribution in [0.1, 0.15) is 52.9 Å². The summed E-state index contributed by atoms with van der Waals surface area (Å²) >= 11 is 0. The van der Waals surface area contributed by atoms with Gasteiger partial charge in [0.1, 0.15) is 5.60 Å². The largest absolute Gasteiger partial charge is 0.444 e. The van der Waals surface area contributed by atoms with Gasteiger partial charge in [-0.1, -0.05) is 12.8 Å². The molecule has 0 unspecified atom stereocenters. The summed E-state index contributed by atoms with van der Waals surface area (Å²) in [6.07, 6.45) is 6.37. The van der Waals surface area contributed by atoms with Gasteiger partial charge < -0.3 is 15.4 Å². The number of nitrogens with one attached hydrogen (secondary N) is 2. The summed E-state index contributed by atoms with van der Waals surface area (Å²) in [5.74, 6) is 1.36. The lowest BCUT2D eigenvalue weighted by Gasteiger charge is -2.40. The van der Waals surface area contributed by atoms with E-state index in [4.69, 9.17) is 4.74 Å². The molecule has 1 saturated carbocycles. The highest BCUT2D eigenvalue weighted by atomic mass is 16.6. The first-order chi connectivity index (χ1) is 8.94. The molecule has 0 aromatic carbocycles. The zero-order chi connectivity index (χ0) is 13.9. The lowest BCUT2D eigenvalue weighted by molar-refractivity contribution is 0.0508. The van der Waals surface area contributed by atoms with Gasteiger partial charge >= 0.3 is 6.09 Å². The van der Waals surface area contributed by atoms with Crippen LogP contribution in [0.2, 0.25) is 0 Å². The van der Waals surface area contributed by atoms with E-state index in [1.807, 2.05) is 20.8 Å². The summed E-state index contributed by atoms with van der Waals surface area (Å²) < 4.78 is 5.26. The number of ether oxygens (including phenoxy) is 1. The van der Waals surface area contributed by atoms with E-state index in [0.29, 0.717) is 5.92 Å². The monoisotopic (exact) mass is 268 g/mol. The van der Waals surface area contributed by atoms with Gasteiger partial charge in [-0.3, -0.25) is 0 Å². The molecule has 2 fully saturated rings. The van der Waals surface area contributed by atoms with Crippen LogP contribution < -0.4 is 10.6 Å². The first-order valence-electron chi connectivity index (χ1n) is 7.64. The van der Waals surface area contributed by atoms with Crippen LogP contribution in [0.5, 0.6) is 0 Å². The summed E-state index contributed by atoms with van der Waals surface area (Å²) in [4.78, 5) is 11.6. The number of carbonyl (C=O) groups is 1. The second kappa shape index (κ2) is 6.12. The molecule has 0 aromatic heterocycles. The van der Waals surface area contributed by atoms with Crippen LogP contribution in [0.15, 0.2) is 0 Å². The molecule has 0 bridgehead atoms. The molecule has 3 atom stereocenters. The van der Waals surface area contributed by atoms with Crippen molar-refractivity contribution in [1.82, 2.24) is 10.6 Å². The first-order valence-corrected chi connectivity index (χ1v) is 7.64. The summed E-state index contributed by atoms with van der Waals surface area (Å²) in [6.45, 7) is 7.42. The third kappa shape index (κ3) is 4.68. The van der Waals surface area contributed by atoms with Crippen LogP contribution in [0, 0.1) is 11.8 Å². The highest BCUT2D eigenvalue weighted by molar-refractivity contribution is 5.67. The Morgan fingerprint density at radius 2 is 2.05 bits per heavy atom. The fourth-order valence-corrected chi connectivity index (χ4v) is 3.29. The van der Waals surface area contributed by atoms with Gasteiger partial charge in [0.15, 0.2) is 0 Å². The Kier molecular flexibility index (Phi) is 4.71. The lowest BCUT2D eigenvalue weighted by Crippen LogP contribution is -2.49. The molecule has 2 N–H and O–H groups in total. The Balaban J connectivity index is 1.70. The first kappa shape index (κ1) is 14.6. The average Bonchev–Trinajstić information content (AvgIpc) is 2.34. The van der Waals surface area contributed by atoms with E-state index in [9.17, 15) is 4.79 Å². The third-order valence-electron chi connectivity index (χ3n) is 4.15. The fraction of sp³-hybridized carbons (Fsp3) is 0.933. The van der Waals surface area contributed by atoms with Crippen LogP contribution in [-0.2, 0) is 4.74 Å². The summed E-state index contributed by atoms with van der Waals surface area (Å²) in [5, 5.41) is 6.55. The molecule has 1 saturated heterocycles. The minimum Gasteiger partial charge on any atom is -0.444 e. The Morgan fingerprint density at radius 1 is 1.32 bits per heavy atom. The normalized spacial score (nSPS) is 31.4. The molecule has 19 heavy (non-hydrogen) atoms. The molecule has 0 spiro atoms. The Bertz CT molecular complexity index is 312. The topological polar surface area (TPSA) is 50.4 Å². The zero-order valence-electron chi connectivity index (χ0n) is 12.5. The van der Waals surface area contributed by atoms with Gasteiger partial charge in [-0.05, 0) is 58.4 Å². The standard InChI is InChI=1S/C15H28N2O2/c1-15(2,3)19-14(18)17-10-11-8-12-6-4-5-7-13(12)16-9-11/h11-13,16H,4-10H2,1-3H3,(H,17,18)/t11-,12-,13+/m1/s1. The van der Waals surface area contributed by atoms with Crippen molar-refractivity contribution in [2.45, 2.75) is 64.5 Å². The third-order valence-corrected chi connectivity index (χ3v) is 4.15. The molecular formula is C15H28N2O2. The number of rotatable bonds is 2. The summed E-state index contributed by atoms with van der Waals surface area (Å²) in [6, 6.07) is 0.728. The van der Waals surface area contributed by atoms with Crippen LogP contribution in [0.3, 0.4) is 0 Å². The van der Waals surface area contributed by atoms with E-state index in [1.54, 1.807) is 0 Å². The van der Waals surface area contributed by atoms with Gasteiger partial charge in [-0.15, -0.1) is 0 Å². The highest BCUT2D eigenvalue weighted by Crippen LogP contribution is 2.32. The summed E-state index contributed by atoms with van der Waals surface area (Å²) in [5.41, 5.74) is -0.413. The number of fused-ring (bicyclic) bond motifs is 1. The predicted molar refractivity (Wildman–Crippen MR) is 76.1 cm³/mol. The van der Waals surface area contributed by atoms with E-state index in [1.165, 1.54) is 32.1 Å². The maximum absolute atomic E-state index is 11.6. The van der Waals surface area contributed by atoms with Crippen LogP contribution in [0.4, 0.5) is 4.79 Å². The highest BCUT2D eigenvalue weighted by Gasteiger charge is 2.32. The molecule has 1 amide bonds. The molecule has 1 aliphatic heterocycles. The second-order valence-corrected chi connectivity index (χ2v) is 7.04. The number of hydrogen-bond acceptors (Lipinski definition) is 3. The van der Waals surface area contributed by atoms with E-state index in [2.05, 4.69) is 10.6 Å². The SMILES string of the molecule is CC(C)(C)OC(=O)NC[C@H]1CN[C@H]2CCCC[C@@H]2C1. The number of alkyl carbamates (subject to hydrolysis) is 1. The Labute approximate surface area is 116 Å². The van der Waals surface area contributed by atoms with E-state index < -0.39 is 5.60 Å². The molecule has 4 nitrogen and oxygen atoms in total. The maximum atomic E-state index is 11.6. The smallest absolute Gasteiger partial charge is 0.407 e. The van der Waals surface area contributed by atoms with Crippen molar-refractivity contribution < 1.29 is 9.53 Å². The average molecular weight is 268 g/mol. The zero-order valence-corrected chi connectivity index (χ0v) is 12.5. The molecule has 0 radical (unpaired) electrons. The predicted octanol–water partition coefficient (Wildman–Crippen LogP) is 2.68. The molecular weight excluding hydrogens is 240 g/mol. The molecule has 1 aliphatic carbocycles. The Hall–Kier alpha value is -0.770. The molecule has 4 heteroatoms. The van der Waals surface area contributed by atoms with E-state index in [-0.39, 0.29) is 6.09 Å². The van der Waals surface area contributed by atoms with Gasteiger partial charge in [0.25, 0.3) is 0 Å². The second-order valence-electron chi connectivity index (χ2n) is 7.04. The van der Waals surface area contributed by atoms with Crippen LogP contribution in [0.25, 0.3) is 0 Å². The van der Waals surface area contributed by atoms with Gasteiger partial charge in [0.2, 0.25) is 0 Å².